The van der Waals surface area contributed by atoms with Crippen LogP contribution < -0.4 is 4.74 Å². The molecular formula is C20H23NO6S. The van der Waals surface area contributed by atoms with Gasteiger partial charge in [-0.1, -0.05) is 24.3 Å². The summed E-state index contributed by atoms with van der Waals surface area (Å²) in [5, 5.41) is 9.73. The molecule has 1 saturated heterocycles. The third-order valence-corrected chi connectivity index (χ3v) is 7.20. The predicted octanol–water partition coefficient (Wildman–Crippen LogP) is 2.62. The monoisotopic (exact) mass is 405 g/mol. The number of sulfonamides is 1. The van der Waals surface area contributed by atoms with Crippen LogP contribution >= 0.6 is 0 Å². The first-order valence-electron chi connectivity index (χ1n) is 8.86. The summed E-state index contributed by atoms with van der Waals surface area (Å²) in [5.41, 5.74) is 0.277. The van der Waals surface area contributed by atoms with E-state index in [-0.39, 0.29) is 31.0 Å². The van der Waals surface area contributed by atoms with Crippen LogP contribution in [0.15, 0.2) is 53.4 Å². The molecule has 2 aromatic rings. The van der Waals surface area contributed by atoms with E-state index in [1.165, 1.54) is 19.2 Å². The van der Waals surface area contributed by atoms with Crippen molar-refractivity contribution in [1.29, 1.82) is 0 Å². The van der Waals surface area contributed by atoms with Gasteiger partial charge in [0.15, 0.2) is 0 Å². The molecule has 0 unspecified atom stereocenters. The van der Waals surface area contributed by atoms with Crippen LogP contribution in [0.1, 0.15) is 12.8 Å². The van der Waals surface area contributed by atoms with E-state index in [9.17, 15) is 18.3 Å². The average Bonchev–Trinajstić information content (AvgIpc) is 2.73. The van der Waals surface area contributed by atoms with Gasteiger partial charge in [0, 0.05) is 33.1 Å². The zero-order chi connectivity index (χ0) is 20.4. The summed E-state index contributed by atoms with van der Waals surface area (Å²) in [6.45, 7) is 0.422. The summed E-state index contributed by atoms with van der Waals surface area (Å²) in [7, 11) is -1.06. The van der Waals surface area contributed by atoms with Gasteiger partial charge in [0.2, 0.25) is 10.0 Å². The Labute approximate surface area is 164 Å². The van der Waals surface area contributed by atoms with Crippen molar-refractivity contribution < 1.29 is 27.8 Å². The molecule has 0 bridgehead atoms. The van der Waals surface area contributed by atoms with E-state index in [1.54, 1.807) is 19.2 Å². The van der Waals surface area contributed by atoms with Crippen molar-refractivity contribution in [3.8, 4) is 16.9 Å². The van der Waals surface area contributed by atoms with Crippen LogP contribution in [0, 0.1) is 0 Å². The number of rotatable bonds is 6. The Hall–Kier alpha value is -2.42. The zero-order valence-corrected chi connectivity index (χ0v) is 16.6. The highest BCUT2D eigenvalue weighted by Crippen LogP contribution is 2.33. The molecule has 1 aliphatic rings. The first-order chi connectivity index (χ1) is 13.3. The molecule has 28 heavy (non-hydrogen) atoms. The Balaban J connectivity index is 1.89. The van der Waals surface area contributed by atoms with E-state index < -0.39 is 21.5 Å². The van der Waals surface area contributed by atoms with Crippen LogP contribution in [0.25, 0.3) is 11.1 Å². The van der Waals surface area contributed by atoms with Gasteiger partial charge in [-0.05, 0) is 35.4 Å². The maximum Gasteiger partial charge on any atom is 0.325 e. The molecule has 1 aliphatic heterocycles. The van der Waals surface area contributed by atoms with Gasteiger partial charge in [0.05, 0.1) is 12.0 Å². The fourth-order valence-electron chi connectivity index (χ4n) is 3.36. The highest BCUT2D eigenvalue weighted by atomic mass is 32.2. The highest BCUT2D eigenvalue weighted by Gasteiger charge is 2.49. The summed E-state index contributed by atoms with van der Waals surface area (Å²) >= 11 is 0. The Morgan fingerprint density at radius 2 is 1.54 bits per heavy atom. The minimum atomic E-state index is -3.97. The van der Waals surface area contributed by atoms with Gasteiger partial charge in [-0.25, -0.2) is 8.42 Å². The van der Waals surface area contributed by atoms with Crippen LogP contribution in [-0.2, 0) is 19.6 Å². The smallest absolute Gasteiger partial charge is 0.325 e. The summed E-state index contributed by atoms with van der Waals surface area (Å²) < 4.78 is 37.5. The molecule has 0 aromatic heterocycles. The standard InChI is InChI=1S/C20H23NO6S/c1-21(20(19(22)23)11-13-27-14-12-20)28(24,25)18-9-5-16(6-10-18)15-3-7-17(26-2)8-4-15/h3-10H,11-14H2,1-2H3,(H,22,23). The molecule has 0 amide bonds. The number of likely N-dealkylation sites (N-methyl/N-ethyl adjacent to an activating group) is 1. The molecule has 0 radical (unpaired) electrons. The lowest BCUT2D eigenvalue weighted by Gasteiger charge is -2.39. The van der Waals surface area contributed by atoms with E-state index >= 15 is 0 Å². The fraction of sp³-hybridized carbons (Fsp3) is 0.350. The fourth-order valence-corrected chi connectivity index (χ4v) is 4.88. The minimum Gasteiger partial charge on any atom is -0.497 e. The second-order valence-electron chi connectivity index (χ2n) is 6.67. The third-order valence-electron chi connectivity index (χ3n) is 5.26. The average molecular weight is 405 g/mol. The number of nitrogens with zero attached hydrogens (tertiary/aromatic N) is 1. The second-order valence-corrected chi connectivity index (χ2v) is 8.64. The Bertz CT molecular complexity index is 932. The highest BCUT2D eigenvalue weighted by molar-refractivity contribution is 7.89. The van der Waals surface area contributed by atoms with Crippen LogP contribution in [0.2, 0.25) is 0 Å². The Kier molecular flexibility index (Phi) is 5.74. The zero-order valence-electron chi connectivity index (χ0n) is 15.8. The van der Waals surface area contributed by atoms with Crippen molar-refractivity contribution in [2.75, 3.05) is 27.4 Å². The van der Waals surface area contributed by atoms with Crippen LogP contribution in [0.4, 0.5) is 0 Å². The molecule has 2 aromatic carbocycles. The largest absolute Gasteiger partial charge is 0.497 e. The third kappa shape index (κ3) is 3.63. The van der Waals surface area contributed by atoms with E-state index in [0.717, 1.165) is 21.2 Å². The van der Waals surface area contributed by atoms with Crippen LogP contribution in [0.5, 0.6) is 5.75 Å². The van der Waals surface area contributed by atoms with Crippen molar-refractivity contribution in [2.45, 2.75) is 23.3 Å². The molecule has 1 fully saturated rings. The van der Waals surface area contributed by atoms with Gasteiger partial charge in [-0.2, -0.15) is 4.31 Å². The van der Waals surface area contributed by atoms with Gasteiger partial charge in [0.25, 0.3) is 0 Å². The first kappa shape index (κ1) is 20.3. The molecule has 0 aliphatic carbocycles. The summed E-state index contributed by atoms with van der Waals surface area (Å²) in [4.78, 5) is 12.0. The summed E-state index contributed by atoms with van der Waals surface area (Å²) in [6.07, 6.45) is 0.226. The summed E-state index contributed by atoms with van der Waals surface area (Å²) in [6, 6.07) is 13.8. The Morgan fingerprint density at radius 1 is 1.04 bits per heavy atom. The molecular weight excluding hydrogens is 382 g/mol. The van der Waals surface area contributed by atoms with Crippen molar-refractivity contribution in [3.63, 3.8) is 0 Å². The van der Waals surface area contributed by atoms with Crippen molar-refractivity contribution in [1.82, 2.24) is 4.31 Å². The van der Waals surface area contributed by atoms with Crippen molar-refractivity contribution in [3.05, 3.63) is 48.5 Å². The van der Waals surface area contributed by atoms with Crippen molar-refractivity contribution in [2.24, 2.45) is 0 Å². The number of ether oxygens (including phenoxy) is 2. The minimum absolute atomic E-state index is 0.0550. The number of carboxylic acid groups (broad SMARTS) is 1. The lowest BCUT2D eigenvalue weighted by atomic mass is 9.90. The van der Waals surface area contributed by atoms with E-state index in [0.29, 0.717) is 0 Å². The molecule has 0 atom stereocenters. The van der Waals surface area contributed by atoms with Gasteiger partial charge in [0.1, 0.15) is 11.3 Å². The summed E-state index contributed by atoms with van der Waals surface area (Å²) in [5.74, 6) is -0.420. The number of hydrogen-bond donors (Lipinski definition) is 1. The lowest BCUT2D eigenvalue weighted by Crippen LogP contribution is -2.57. The lowest BCUT2D eigenvalue weighted by molar-refractivity contribution is -0.153. The van der Waals surface area contributed by atoms with Gasteiger partial charge >= 0.3 is 5.97 Å². The van der Waals surface area contributed by atoms with E-state index in [4.69, 9.17) is 9.47 Å². The number of carbonyl (C=O) groups is 1. The van der Waals surface area contributed by atoms with Gasteiger partial charge in [-0.3, -0.25) is 4.79 Å². The predicted molar refractivity (Wildman–Crippen MR) is 104 cm³/mol. The molecule has 0 saturated carbocycles. The molecule has 150 valence electrons. The van der Waals surface area contributed by atoms with Gasteiger partial charge in [-0.15, -0.1) is 0 Å². The molecule has 1 N–H and O–H groups in total. The second kappa shape index (κ2) is 7.90. The van der Waals surface area contributed by atoms with Gasteiger partial charge < -0.3 is 14.6 Å². The number of methoxy groups -OCH3 is 1. The molecule has 0 spiro atoms. The molecule has 3 rings (SSSR count). The molecule has 8 heteroatoms. The van der Waals surface area contributed by atoms with Crippen LogP contribution in [0.3, 0.4) is 0 Å². The SMILES string of the molecule is COc1ccc(-c2ccc(S(=O)(=O)N(C)C3(C(=O)O)CCOCC3)cc2)cc1. The quantitative estimate of drug-likeness (QED) is 0.794. The normalized spacial score (nSPS) is 16.7. The number of carboxylic acids is 1. The first-order valence-corrected chi connectivity index (χ1v) is 10.3. The van der Waals surface area contributed by atoms with Crippen molar-refractivity contribution >= 4 is 16.0 Å². The number of hydrogen-bond acceptors (Lipinski definition) is 5. The van der Waals surface area contributed by atoms with E-state index in [1.807, 2.05) is 24.3 Å². The number of aliphatic carboxylic acids is 1. The Morgan fingerprint density at radius 3 is 2.00 bits per heavy atom. The topological polar surface area (TPSA) is 93.1 Å². The maximum atomic E-state index is 13.1. The molecule has 7 nitrogen and oxygen atoms in total. The van der Waals surface area contributed by atoms with Crippen LogP contribution in [-0.4, -0.2) is 56.7 Å². The number of benzene rings is 2. The molecule has 1 heterocycles. The van der Waals surface area contributed by atoms with E-state index in [2.05, 4.69) is 0 Å². The maximum absolute atomic E-state index is 13.1.